The normalized spacial score (nSPS) is 10.4. The first-order valence-electron chi connectivity index (χ1n) is 6.80. The Hall–Kier alpha value is -1.92. The van der Waals surface area contributed by atoms with Gasteiger partial charge < -0.3 is 19.9 Å². The number of carboxylic acids is 1. The molecule has 6 nitrogen and oxygen atoms in total. The summed E-state index contributed by atoms with van der Waals surface area (Å²) in [5, 5.41) is 11.7. The molecule has 0 saturated heterocycles. The van der Waals surface area contributed by atoms with E-state index in [1.807, 2.05) is 6.92 Å². The highest BCUT2D eigenvalue weighted by atomic mass is 16.5. The number of benzene rings is 1. The van der Waals surface area contributed by atoms with E-state index in [4.69, 9.17) is 14.6 Å². The lowest BCUT2D eigenvalue weighted by Crippen LogP contribution is -2.19. The van der Waals surface area contributed by atoms with Crippen molar-refractivity contribution in [3.8, 4) is 0 Å². The van der Waals surface area contributed by atoms with Crippen LogP contribution in [0.3, 0.4) is 0 Å². The zero-order valence-electron chi connectivity index (χ0n) is 12.3. The number of aromatic carboxylic acids is 1. The quantitative estimate of drug-likeness (QED) is 0.683. The fourth-order valence-electron chi connectivity index (χ4n) is 1.75. The monoisotopic (exact) mass is 295 g/mol. The van der Waals surface area contributed by atoms with Gasteiger partial charge in [0.15, 0.2) is 0 Å². The number of carbonyl (C=O) groups excluding carboxylic acids is 1. The smallest absolute Gasteiger partial charge is 0.335 e. The Morgan fingerprint density at radius 3 is 2.67 bits per heavy atom. The molecule has 2 N–H and O–H groups in total. The second-order valence-corrected chi connectivity index (χ2v) is 4.61. The van der Waals surface area contributed by atoms with Crippen LogP contribution in [0, 0.1) is 0 Å². The third kappa shape index (κ3) is 6.37. The molecule has 0 aliphatic rings. The number of carboxylic acid groups (broad SMARTS) is 1. The van der Waals surface area contributed by atoms with E-state index in [-0.39, 0.29) is 24.7 Å². The van der Waals surface area contributed by atoms with Crippen molar-refractivity contribution in [2.45, 2.75) is 26.4 Å². The van der Waals surface area contributed by atoms with Gasteiger partial charge in [-0.05, 0) is 30.2 Å². The average molecular weight is 295 g/mol. The zero-order chi connectivity index (χ0) is 15.7. The predicted octanol–water partition coefficient (Wildman–Crippen LogP) is 2.29. The molecule has 116 valence electrons. The van der Waals surface area contributed by atoms with Crippen LogP contribution >= 0.6 is 0 Å². The second kappa shape index (κ2) is 9.10. The molecular formula is C15H21NO5. The molecule has 0 spiro atoms. The Morgan fingerprint density at radius 2 is 2.05 bits per heavy atom. The van der Waals surface area contributed by atoms with E-state index >= 15 is 0 Å². The molecule has 0 fully saturated rings. The van der Waals surface area contributed by atoms with Crippen LogP contribution in [-0.4, -0.2) is 37.3 Å². The van der Waals surface area contributed by atoms with Gasteiger partial charge in [0.05, 0.1) is 12.2 Å². The van der Waals surface area contributed by atoms with Gasteiger partial charge in [-0.2, -0.15) is 0 Å². The Kier molecular flexibility index (Phi) is 7.42. The molecule has 1 amide bonds. The first-order valence-corrected chi connectivity index (χ1v) is 6.80. The second-order valence-electron chi connectivity index (χ2n) is 4.61. The zero-order valence-corrected chi connectivity index (χ0v) is 12.3. The van der Waals surface area contributed by atoms with Crippen LogP contribution < -0.4 is 5.32 Å². The summed E-state index contributed by atoms with van der Waals surface area (Å²) in [4.78, 5) is 22.8. The summed E-state index contributed by atoms with van der Waals surface area (Å²) in [6.45, 7) is 2.81. The molecule has 21 heavy (non-hydrogen) atoms. The predicted molar refractivity (Wildman–Crippen MR) is 78.5 cm³/mol. The summed E-state index contributed by atoms with van der Waals surface area (Å²) in [6.07, 6.45) is 1.91. The van der Waals surface area contributed by atoms with E-state index in [2.05, 4.69) is 5.32 Å². The molecule has 0 unspecified atom stereocenters. The van der Waals surface area contributed by atoms with Crippen LogP contribution in [0.2, 0.25) is 0 Å². The summed E-state index contributed by atoms with van der Waals surface area (Å²) in [7, 11) is 1.52. The van der Waals surface area contributed by atoms with Crippen molar-refractivity contribution in [3.63, 3.8) is 0 Å². The number of rotatable bonds is 9. The topological polar surface area (TPSA) is 84.9 Å². The van der Waals surface area contributed by atoms with Crippen LogP contribution in [0.1, 0.15) is 35.7 Å². The van der Waals surface area contributed by atoms with Crippen LogP contribution in [-0.2, 0) is 20.9 Å². The number of anilines is 1. The Balaban J connectivity index is 2.68. The maximum absolute atomic E-state index is 11.7. The maximum atomic E-state index is 11.7. The molecule has 0 heterocycles. The number of hydrogen-bond donors (Lipinski definition) is 2. The molecule has 0 aliphatic heterocycles. The standard InChI is InChI=1S/C15H21NO5/c1-3-4-5-21-10-14(17)16-13-7-11(9-20-2)6-12(8-13)15(18)19/h6-8H,3-5,9-10H2,1-2H3,(H,16,17)(H,18,19). The highest BCUT2D eigenvalue weighted by molar-refractivity contribution is 5.94. The van der Waals surface area contributed by atoms with Gasteiger partial charge in [0, 0.05) is 19.4 Å². The molecule has 0 atom stereocenters. The van der Waals surface area contributed by atoms with Gasteiger partial charge in [-0.1, -0.05) is 13.3 Å². The van der Waals surface area contributed by atoms with Gasteiger partial charge in [0.2, 0.25) is 5.91 Å². The SMILES string of the molecule is CCCCOCC(=O)Nc1cc(COC)cc(C(=O)O)c1. The number of amides is 1. The van der Waals surface area contributed by atoms with E-state index in [0.29, 0.717) is 17.9 Å². The first-order chi connectivity index (χ1) is 10.1. The minimum atomic E-state index is -1.05. The van der Waals surface area contributed by atoms with Crippen LogP contribution in [0.5, 0.6) is 0 Å². The molecule has 6 heteroatoms. The first kappa shape index (κ1) is 17.1. The summed E-state index contributed by atoms with van der Waals surface area (Å²) < 4.78 is 10.2. The van der Waals surface area contributed by atoms with Crippen molar-refractivity contribution in [2.24, 2.45) is 0 Å². The van der Waals surface area contributed by atoms with E-state index in [1.165, 1.54) is 19.2 Å². The Morgan fingerprint density at radius 1 is 1.29 bits per heavy atom. The Bertz CT molecular complexity index is 487. The molecule has 0 saturated carbocycles. The van der Waals surface area contributed by atoms with Crippen LogP contribution in [0.4, 0.5) is 5.69 Å². The maximum Gasteiger partial charge on any atom is 0.335 e. The van der Waals surface area contributed by atoms with Crippen molar-refractivity contribution >= 4 is 17.6 Å². The lowest BCUT2D eigenvalue weighted by Gasteiger charge is -2.09. The van der Waals surface area contributed by atoms with Crippen molar-refractivity contribution < 1.29 is 24.2 Å². The van der Waals surface area contributed by atoms with Gasteiger partial charge >= 0.3 is 5.97 Å². The molecule has 0 bridgehead atoms. The van der Waals surface area contributed by atoms with Gasteiger partial charge in [0.1, 0.15) is 6.61 Å². The summed E-state index contributed by atoms with van der Waals surface area (Å²) in [6, 6.07) is 4.60. The molecule has 1 aromatic rings. The number of carbonyl (C=O) groups is 2. The van der Waals surface area contributed by atoms with Gasteiger partial charge in [0.25, 0.3) is 0 Å². The molecular weight excluding hydrogens is 274 g/mol. The highest BCUT2D eigenvalue weighted by Crippen LogP contribution is 2.16. The van der Waals surface area contributed by atoms with Crippen LogP contribution in [0.15, 0.2) is 18.2 Å². The van der Waals surface area contributed by atoms with Crippen molar-refractivity contribution in [3.05, 3.63) is 29.3 Å². The largest absolute Gasteiger partial charge is 0.478 e. The average Bonchev–Trinajstić information content (AvgIpc) is 2.43. The third-order valence-corrected chi connectivity index (χ3v) is 2.71. The van der Waals surface area contributed by atoms with E-state index in [0.717, 1.165) is 12.8 Å². The molecule has 0 radical (unpaired) electrons. The van der Waals surface area contributed by atoms with Crippen molar-refractivity contribution in [1.82, 2.24) is 0 Å². The highest BCUT2D eigenvalue weighted by Gasteiger charge is 2.09. The van der Waals surface area contributed by atoms with E-state index in [1.54, 1.807) is 6.07 Å². The third-order valence-electron chi connectivity index (χ3n) is 2.71. The Labute approximate surface area is 124 Å². The minimum Gasteiger partial charge on any atom is -0.478 e. The van der Waals surface area contributed by atoms with E-state index in [9.17, 15) is 9.59 Å². The summed E-state index contributed by atoms with van der Waals surface area (Å²) >= 11 is 0. The van der Waals surface area contributed by atoms with E-state index < -0.39 is 5.97 Å². The van der Waals surface area contributed by atoms with Crippen LogP contribution in [0.25, 0.3) is 0 Å². The summed E-state index contributed by atoms with van der Waals surface area (Å²) in [5.41, 5.74) is 1.21. The number of ether oxygens (including phenoxy) is 2. The van der Waals surface area contributed by atoms with Crippen molar-refractivity contribution in [1.29, 1.82) is 0 Å². The van der Waals surface area contributed by atoms with Crippen molar-refractivity contribution in [2.75, 3.05) is 25.6 Å². The molecule has 1 rings (SSSR count). The lowest BCUT2D eigenvalue weighted by molar-refractivity contribution is -0.120. The fraction of sp³-hybridized carbons (Fsp3) is 0.467. The fourth-order valence-corrected chi connectivity index (χ4v) is 1.75. The molecule has 0 aromatic heterocycles. The minimum absolute atomic E-state index is 0.0447. The molecule has 0 aliphatic carbocycles. The lowest BCUT2D eigenvalue weighted by atomic mass is 10.1. The van der Waals surface area contributed by atoms with Gasteiger partial charge in [-0.15, -0.1) is 0 Å². The van der Waals surface area contributed by atoms with Gasteiger partial charge in [-0.25, -0.2) is 4.79 Å². The molecule has 1 aromatic carbocycles. The number of nitrogens with one attached hydrogen (secondary N) is 1. The van der Waals surface area contributed by atoms with Gasteiger partial charge in [-0.3, -0.25) is 4.79 Å². The number of methoxy groups -OCH3 is 1. The summed E-state index contributed by atoms with van der Waals surface area (Å²) in [5.74, 6) is -1.36. The number of unbranched alkanes of at least 4 members (excludes halogenated alkanes) is 1. The number of hydrogen-bond acceptors (Lipinski definition) is 4.